The Hall–Kier alpha value is -2.17. The van der Waals surface area contributed by atoms with Gasteiger partial charge in [0, 0.05) is 19.2 Å². The number of nitrogens with zero attached hydrogens (tertiary/aromatic N) is 1. The van der Waals surface area contributed by atoms with Crippen molar-refractivity contribution in [1.29, 1.82) is 0 Å². The Kier molecular flexibility index (Phi) is 5.09. The molecule has 0 bridgehead atoms. The van der Waals surface area contributed by atoms with Crippen LogP contribution in [0.5, 0.6) is 0 Å². The van der Waals surface area contributed by atoms with Gasteiger partial charge < -0.3 is 10.2 Å². The van der Waals surface area contributed by atoms with Crippen molar-refractivity contribution in [2.45, 2.75) is 19.3 Å². The lowest BCUT2D eigenvalue weighted by atomic mass is 10.0. The molecular formula is C16H19FN2O2. The fourth-order valence-corrected chi connectivity index (χ4v) is 2.32. The Morgan fingerprint density at radius 2 is 2.24 bits per heavy atom. The molecule has 4 nitrogen and oxygen atoms in total. The summed E-state index contributed by atoms with van der Waals surface area (Å²) in [4.78, 5) is 25.2. The largest absolute Gasteiger partial charge is 0.336 e. The summed E-state index contributed by atoms with van der Waals surface area (Å²) in [7, 11) is 1.60. The molecule has 5 heteroatoms. The van der Waals surface area contributed by atoms with E-state index in [1.165, 1.54) is 23.1 Å². The number of anilines is 1. The zero-order chi connectivity index (χ0) is 15.2. The third-order valence-electron chi connectivity index (χ3n) is 3.46. The first-order chi connectivity index (χ1) is 10.0. The van der Waals surface area contributed by atoms with Crippen LogP contribution in [0, 0.1) is 11.7 Å². The highest BCUT2D eigenvalue weighted by Crippen LogP contribution is 2.20. The lowest BCUT2D eigenvalue weighted by Crippen LogP contribution is -2.35. The van der Waals surface area contributed by atoms with Crippen molar-refractivity contribution in [1.82, 2.24) is 4.90 Å². The standard InChI is InChI=1S/C16H19FN2O2/c1-19(16(21)9-12-5-2-3-6-12)11-15(20)18-14-8-4-7-13(17)10-14/h2,4-5,7-8,10,12H,3,6,9,11H2,1H3,(H,18,20)/t12-/m0/s1. The number of amides is 2. The number of carbonyl (C=O) groups is 2. The number of halogens is 1. The third kappa shape index (κ3) is 4.70. The number of likely N-dealkylation sites (N-methyl/N-ethyl adjacent to an activating group) is 1. The van der Waals surface area contributed by atoms with Crippen molar-refractivity contribution in [2.24, 2.45) is 5.92 Å². The number of benzene rings is 1. The van der Waals surface area contributed by atoms with E-state index >= 15 is 0 Å². The quantitative estimate of drug-likeness (QED) is 0.847. The maximum atomic E-state index is 13.0. The van der Waals surface area contributed by atoms with Crippen LogP contribution in [0.3, 0.4) is 0 Å². The normalized spacial score (nSPS) is 16.8. The highest BCUT2D eigenvalue weighted by Gasteiger charge is 2.18. The molecule has 0 aliphatic heterocycles. The fourth-order valence-electron chi connectivity index (χ4n) is 2.32. The van der Waals surface area contributed by atoms with Crippen molar-refractivity contribution in [3.63, 3.8) is 0 Å². The van der Waals surface area contributed by atoms with Gasteiger partial charge in [0.25, 0.3) is 0 Å². The highest BCUT2D eigenvalue weighted by atomic mass is 19.1. The van der Waals surface area contributed by atoms with E-state index in [1.54, 1.807) is 13.1 Å². The SMILES string of the molecule is CN(CC(=O)Nc1cccc(F)c1)C(=O)C[C@H]1C=CCC1. The maximum Gasteiger partial charge on any atom is 0.243 e. The van der Waals surface area contributed by atoms with Gasteiger partial charge in [-0.15, -0.1) is 0 Å². The summed E-state index contributed by atoms with van der Waals surface area (Å²) in [6.07, 6.45) is 6.57. The van der Waals surface area contributed by atoms with Gasteiger partial charge in [-0.1, -0.05) is 18.2 Å². The Balaban J connectivity index is 1.81. The molecule has 2 amide bonds. The second kappa shape index (κ2) is 7.02. The average Bonchev–Trinajstić information content (AvgIpc) is 2.91. The van der Waals surface area contributed by atoms with Gasteiger partial charge in [0.05, 0.1) is 6.54 Å². The van der Waals surface area contributed by atoms with Gasteiger partial charge in [0.15, 0.2) is 0 Å². The predicted octanol–water partition coefficient (Wildman–Crippen LogP) is 2.58. The molecule has 0 radical (unpaired) electrons. The summed E-state index contributed by atoms with van der Waals surface area (Å²) in [5.41, 5.74) is 0.388. The van der Waals surface area contributed by atoms with E-state index in [0.29, 0.717) is 12.1 Å². The maximum absolute atomic E-state index is 13.0. The average molecular weight is 290 g/mol. The van der Waals surface area contributed by atoms with Crippen molar-refractivity contribution < 1.29 is 14.0 Å². The Morgan fingerprint density at radius 1 is 1.43 bits per heavy atom. The van der Waals surface area contributed by atoms with Crippen LogP contribution in [0.2, 0.25) is 0 Å². The first kappa shape index (κ1) is 15.2. The van der Waals surface area contributed by atoms with E-state index in [4.69, 9.17) is 0 Å². The molecule has 0 spiro atoms. The molecule has 0 heterocycles. The van der Waals surface area contributed by atoms with Crippen molar-refractivity contribution in [3.05, 3.63) is 42.2 Å². The number of rotatable bonds is 5. The van der Waals surface area contributed by atoms with Gasteiger partial charge in [0.2, 0.25) is 11.8 Å². The highest BCUT2D eigenvalue weighted by molar-refractivity contribution is 5.94. The molecule has 0 saturated heterocycles. The molecule has 21 heavy (non-hydrogen) atoms. The van der Waals surface area contributed by atoms with Gasteiger partial charge in [-0.05, 0) is 37.0 Å². The molecule has 1 aromatic carbocycles. The summed E-state index contributed by atoms with van der Waals surface area (Å²) in [6.45, 7) is -0.0359. The Morgan fingerprint density at radius 3 is 2.90 bits per heavy atom. The van der Waals surface area contributed by atoms with E-state index < -0.39 is 5.82 Å². The van der Waals surface area contributed by atoms with Gasteiger partial charge in [-0.2, -0.15) is 0 Å². The van der Waals surface area contributed by atoms with Gasteiger partial charge in [-0.25, -0.2) is 4.39 Å². The monoisotopic (exact) mass is 290 g/mol. The van der Waals surface area contributed by atoms with Crippen LogP contribution in [-0.4, -0.2) is 30.3 Å². The van der Waals surface area contributed by atoms with Gasteiger partial charge >= 0.3 is 0 Å². The molecule has 0 fully saturated rings. The molecule has 0 unspecified atom stereocenters. The van der Waals surface area contributed by atoms with Gasteiger partial charge in [0.1, 0.15) is 5.82 Å². The van der Waals surface area contributed by atoms with Crippen LogP contribution < -0.4 is 5.32 Å². The molecule has 0 saturated carbocycles. The smallest absolute Gasteiger partial charge is 0.243 e. The number of hydrogen-bond donors (Lipinski definition) is 1. The van der Waals surface area contributed by atoms with Crippen LogP contribution in [0.25, 0.3) is 0 Å². The molecule has 1 aromatic rings. The van der Waals surface area contributed by atoms with Crippen molar-refractivity contribution in [3.8, 4) is 0 Å². The summed E-state index contributed by atoms with van der Waals surface area (Å²) in [6, 6.07) is 5.67. The summed E-state index contributed by atoms with van der Waals surface area (Å²) in [5.74, 6) is -0.518. The van der Waals surface area contributed by atoms with E-state index in [-0.39, 0.29) is 24.3 Å². The molecule has 1 atom stereocenters. The zero-order valence-corrected chi connectivity index (χ0v) is 12.0. The molecule has 2 rings (SSSR count). The van der Waals surface area contributed by atoms with E-state index in [0.717, 1.165) is 12.8 Å². The third-order valence-corrected chi connectivity index (χ3v) is 3.46. The lowest BCUT2D eigenvalue weighted by Gasteiger charge is -2.18. The van der Waals surface area contributed by atoms with Crippen LogP contribution in [0.15, 0.2) is 36.4 Å². The minimum Gasteiger partial charge on any atom is -0.336 e. The van der Waals surface area contributed by atoms with Crippen LogP contribution in [-0.2, 0) is 9.59 Å². The number of carbonyl (C=O) groups excluding carboxylic acids is 2. The van der Waals surface area contributed by atoms with Crippen LogP contribution >= 0.6 is 0 Å². The zero-order valence-electron chi connectivity index (χ0n) is 12.0. The minimum atomic E-state index is -0.412. The van der Waals surface area contributed by atoms with E-state index in [1.807, 2.05) is 0 Å². The van der Waals surface area contributed by atoms with E-state index in [9.17, 15) is 14.0 Å². The molecule has 112 valence electrons. The Labute approximate surface area is 123 Å². The van der Waals surface area contributed by atoms with E-state index in [2.05, 4.69) is 17.5 Å². The second-order valence-corrected chi connectivity index (χ2v) is 5.28. The fraction of sp³-hybridized carbons (Fsp3) is 0.375. The van der Waals surface area contributed by atoms with Gasteiger partial charge in [-0.3, -0.25) is 9.59 Å². The summed E-state index contributed by atoms with van der Waals surface area (Å²) in [5, 5.41) is 2.58. The predicted molar refractivity (Wildman–Crippen MR) is 79.1 cm³/mol. The number of hydrogen-bond acceptors (Lipinski definition) is 2. The summed E-state index contributed by atoms with van der Waals surface area (Å²) < 4.78 is 13.0. The number of allylic oxidation sites excluding steroid dienone is 2. The summed E-state index contributed by atoms with van der Waals surface area (Å²) >= 11 is 0. The lowest BCUT2D eigenvalue weighted by molar-refractivity contribution is -0.133. The molecule has 1 aliphatic carbocycles. The first-order valence-electron chi connectivity index (χ1n) is 7.00. The first-order valence-corrected chi connectivity index (χ1v) is 7.00. The second-order valence-electron chi connectivity index (χ2n) is 5.28. The van der Waals surface area contributed by atoms with Crippen molar-refractivity contribution in [2.75, 3.05) is 18.9 Å². The molecule has 0 aromatic heterocycles. The molecule has 1 N–H and O–H groups in total. The Bertz CT molecular complexity index is 557. The van der Waals surface area contributed by atoms with Crippen molar-refractivity contribution >= 4 is 17.5 Å². The molecule has 1 aliphatic rings. The number of nitrogens with one attached hydrogen (secondary N) is 1. The van der Waals surface area contributed by atoms with Crippen LogP contribution in [0.1, 0.15) is 19.3 Å². The topological polar surface area (TPSA) is 49.4 Å². The molecular weight excluding hydrogens is 271 g/mol. The van der Waals surface area contributed by atoms with Crippen LogP contribution in [0.4, 0.5) is 10.1 Å². The minimum absolute atomic E-state index is 0.0359.